The molecule has 0 fully saturated rings. The zero-order chi connectivity index (χ0) is 12.9. The van der Waals surface area contributed by atoms with Crippen LogP contribution in [0.5, 0.6) is 0 Å². The Hall–Kier alpha value is -1.03. The molecule has 1 rings (SSSR count). The zero-order valence-corrected chi connectivity index (χ0v) is 11.6. The number of nitrogens with one attached hydrogen (secondary N) is 1. The second-order valence-corrected chi connectivity index (χ2v) is 5.74. The molecule has 0 radical (unpaired) electrons. The van der Waals surface area contributed by atoms with Crippen LogP contribution in [0.3, 0.4) is 0 Å². The number of nitrogens with zero attached hydrogens (tertiary/aromatic N) is 2. The SMILES string of the molecule is CC1=CCN(CCN=C(N)NC(C)(C)C)CC1. The second-order valence-electron chi connectivity index (χ2n) is 5.74. The smallest absolute Gasteiger partial charge is 0.189 e. The molecule has 0 aromatic carbocycles. The summed E-state index contributed by atoms with van der Waals surface area (Å²) in [6.45, 7) is 12.4. The minimum absolute atomic E-state index is 0.0153. The van der Waals surface area contributed by atoms with Gasteiger partial charge in [0.05, 0.1) is 6.54 Å². The molecule has 0 atom stereocenters. The van der Waals surface area contributed by atoms with Gasteiger partial charge in [-0.05, 0) is 34.1 Å². The quantitative estimate of drug-likeness (QED) is 0.443. The van der Waals surface area contributed by atoms with Crippen LogP contribution in [-0.4, -0.2) is 42.6 Å². The molecule has 0 aromatic rings. The minimum atomic E-state index is -0.0153. The van der Waals surface area contributed by atoms with Crippen molar-refractivity contribution in [3.8, 4) is 0 Å². The first-order valence-electron chi connectivity index (χ1n) is 6.33. The van der Waals surface area contributed by atoms with Crippen LogP contribution in [0.2, 0.25) is 0 Å². The van der Waals surface area contributed by atoms with Gasteiger partial charge in [-0.1, -0.05) is 11.6 Å². The van der Waals surface area contributed by atoms with E-state index < -0.39 is 0 Å². The first-order chi connectivity index (χ1) is 7.87. The number of aliphatic imine (C=N–C) groups is 1. The lowest BCUT2D eigenvalue weighted by atomic mass is 10.1. The van der Waals surface area contributed by atoms with E-state index in [-0.39, 0.29) is 5.54 Å². The summed E-state index contributed by atoms with van der Waals surface area (Å²) in [5.41, 5.74) is 7.29. The van der Waals surface area contributed by atoms with Crippen LogP contribution in [0.4, 0.5) is 0 Å². The summed E-state index contributed by atoms with van der Waals surface area (Å²) in [5.74, 6) is 0.543. The van der Waals surface area contributed by atoms with E-state index in [9.17, 15) is 0 Å². The highest BCUT2D eigenvalue weighted by Crippen LogP contribution is 2.08. The predicted octanol–water partition coefficient (Wildman–Crippen LogP) is 1.34. The van der Waals surface area contributed by atoms with Crippen molar-refractivity contribution >= 4 is 5.96 Å². The second kappa shape index (κ2) is 6.05. The maximum absolute atomic E-state index is 5.81. The van der Waals surface area contributed by atoms with Gasteiger partial charge < -0.3 is 11.1 Å². The fourth-order valence-corrected chi connectivity index (χ4v) is 1.75. The summed E-state index contributed by atoms with van der Waals surface area (Å²) >= 11 is 0. The van der Waals surface area contributed by atoms with E-state index in [0.717, 1.165) is 26.2 Å². The van der Waals surface area contributed by atoms with Crippen molar-refractivity contribution in [2.45, 2.75) is 39.7 Å². The number of rotatable bonds is 3. The maximum atomic E-state index is 5.81. The van der Waals surface area contributed by atoms with Crippen molar-refractivity contribution in [2.75, 3.05) is 26.2 Å². The molecule has 0 bridgehead atoms. The third kappa shape index (κ3) is 6.31. The van der Waals surface area contributed by atoms with Crippen LogP contribution in [0.1, 0.15) is 34.1 Å². The van der Waals surface area contributed by atoms with Gasteiger partial charge in [0.2, 0.25) is 0 Å². The highest BCUT2D eigenvalue weighted by Gasteiger charge is 2.10. The minimum Gasteiger partial charge on any atom is -0.370 e. The van der Waals surface area contributed by atoms with E-state index in [2.05, 4.69) is 49.0 Å². The molecule has 0 saturated carbocycles. The highest BCUT2D eigenvalue weighted by molar-refractivity contribution is 5.78. The van der Waals surface area contributed by atoms with Crippen LogP contribution >= 0.6 is 0 Å². The number of hydrogen-bond acceptors (Lipinski definition) is 2. The van der Waals surface area contributed by atoms with Crippen molar-refractivity contribution in [2.24, 2.45) is 10.7 Å². The number of nitrogens with two attached hydrogens (primary N) is 1. The van der Waals surface area contributed by atoms with Crippen LogP contribution in [0.15, 0.2) is 16.6 Å². The van der Waals surface area contributed by atoms with E-state index in [0.29, 0.717) is 5.96 Å². The van der Waals surface area contributed by atoms with Crippen LogP contribution in [-0.2, 0) is 0 Å². The van der Waals surface area contributed by atoms with Crippen molar-refractivity contribution in [3.05, 3.63) is 11.6 Å². The standard InChI is InChI=1S/C13H26N4/c1-11-5-8-17(9-6-11)10-7-15-12(14)16-13(2,3)4/h5H,6-10H2,1-4H3,(H3,14,15,16). The average Bonchev–Trinajstić information content (AvgIpc) is 2.18. The Bertz CT molecular complexity index is 299. The Morgan fingerprint density at radius 1 is 1.53 bits per heavy atom. The van der Waals surface area contributed by atoms with Crippen LogP contribution in [0, 0.1) is 0 Å². The molecule has 4 heteroatoms. The molecule has 98 valence electrons. The largest absolute Gasteiger partial charge is 0.370 e. The lowest BCUT2D eigenvalue weighted by Crippen LogP contribution is -2.45. The van der Waals surface area contributed by atoms with Gasteiger partial charge in [0.25, 0.3) is 0 Å². The van der Waals surface area contributed by atoms with E-state index in [4.69, 9.17) is 5.73 Å². The summed E-state index contributed by atoms with van der Waals surface area (Å²) in [6, 6.07) is 0. The average molecular weight is 238 g/mol. The normalized spacial score (nSPS) is 19.1. The van der Waals surface area contributed by atoms with E-state index >= 15 is 0 Å². The highest BCUT2D eigenvalue weighted by atomic mass is 15.2. The van der Waals surface area contributed by atoms with Crippen molar-refractivity contribution < 1.29 is 0 Å². The predicted molar refractivity (Wildman–Crippen MR) is 74.2 cm³/mol. The van der Waals surface area contributed by atoms with Crippen LogP contribution in [0.25, 0.3) is 0 Å². The molecule has 0 spiro atoms. The molecule has 1 aliphatic rings. The van der Waals surface area contributed by atoms with Gasteiger partial charge in [-0.3, -0.25) is 9.89 Å². The van der Waals surface area contributed by atoms with Crippen molar-refractivity contribution in [3.63, 3.8) is 0 Å². The Labute approximate surface area is 105 Å². The van der Waals surface area contributed by atoms with E-state index in [1.807, 2.05) is 0 Å². The van der Waals surface area contributed by atoms with E-state index in [1.165, 1.54) is 12.0 Å². The lowest BCUT2D eigenvalue weighted by molar-refractivity contribution is 0.302. The molecule has 3 N–H and O–H groups in total. The molecule has 0 aliphatic carbocycles. The Balaban J connectivity index is 2.25. The molecule has 1 aliphatic heterocycles. The monoisotopic (exact) mass is 238 g/mol. The molecule has 1 heterocycles. The molecule has 0 aromatic heterocycles. The van der Waals surface area contributed by atoms with E-state index in [1.54, 1.807) is 0 Å². The molecule has 0 unspecified atom stereocenters. The Morgan fingerprint density at radius 2 is 2.24 bits per heavy atom. The molecule has 0 amide bonds. The Morgan fingerprint density at radius 3 is 2.76 bits per heavy atom. The number of hydrogen-bond donors (Lipinski definition) is 2. The molecular weight excluding hydrogens is 212 g/mol. The Kier molecular flexibility index (Phi) is 5.00. The topological polar surface area (TPSA) is 53.6 Å². The first-order valence-corrected chi connectivity index (χ1v) is 6.33. The van der Waals surface area contributed by atoms with Crippen molar-refractivity contribution in [1.82, 2.24) is 10.2 Å². The first kappa shape index (κ1) is 14.0. The van der Waals surface area contributed by atoms with Gasteiger partial charge in [0.15, 0.2) is 5.96 Å². The zero-order valence-electron chi connectivity index (χ0n) is 11.6. The van der Waals surface area contributed by atoms with Crippen molar-refractivity contribution in [1.29, 1.82) is 0 Å². The molecule has 17 heavy (non-hydrogen) atoms. The summed E-state index contributed by atoms with van der Waals surface area (Å²) in [6.07, 6.45) is 3.48. The molecule has 0 saturated heterocycles. The third-order valence-electron chi connectivity index (χ3n) is 2.72. The van der Waals surface area contributed by atoms with Crippen LogP contribution < -0.4 is 11.1 Å². The van der Waals surface area contributed by atoms with Gasteiger partial charge in [-0.2, -0.15) is 0 Å². The summed E-state index contributed by atoms with van der Waals surface area (Å²) < 4.78 is 0. The molecule has 4 nitrogen and oxygen atoms in total. The maximum Gasteiger partial charge on any atom is 0.189 e. The summed E-state index contributed by atoms with van der Waals surface area (Å²) in [4.78, 5) is 6.75. The van der Waals surface area contributed by atoms with Gasteiger partial charge >= 0.3 is 0 Å². The van der Waals surface area contributed by atoms with Gasteiger partial charge in [0.1, 0.15) is 0 Å². The fourth-order valence-electron chi connectivity index (χ4n) is 1.75. The summed E-state index contributed by atoms with van der Waals surface area (Å²) in [5, 5.41) is 3.16. The number of guanidine groups is 1. The third-order valence-corrected chi connectivity index (χ3v) is 2.72. The van der Waals surface area contributed by atoms with Gasteiger partial charge in [-0.15, -0.1) is 0 Å². The molecular formula is C13H26N4. The lowest BCUT2D eigenvalue weighted by Gasteiger charge is -2.25. The summed E-state index contributed by atoms with van der Waals surface area (Å²) in [7, 11) is 0. The van der Waals surface area contributed by atoms with Gasteiger partial charge in [-0.25, -0.2) is 0 Å². The van der Waals surface area contributed by atoms with Gasteiger partial charge in [0, 0.05) is 25.2 Å². The fraction of sp³-hybridized carbons (Fsp3) is 0.769.